The number of hydrogen-bond acceptors (Lipinski definition) is 1. The maximum atomic E-state index is 6.27. The monoisotopic (exact) mass is 313 g/mol. The summed E-state index contributed by atoms with van der Waals surface area (Å²) in [5, 5.41) is 5.05. The van der Waals surface area contributed by atoms with Crippen LogP contribution in [0.25, 0.3) is 0 Å². The molecular formula is C17H25Cl2N. The lowest BCUT2D eigenvalue weighted by Gasteiger charge is -2.41. The Balaban J connectivity index is 2.03. The molecule has 1 fully saturated rings. The second-order valence-electron chi connectivity index (χ2n) is 6.96. The van der Waals surface area contributed by atoms with Crippen molar-refractivity contribution < 1.29 is 0 Å². The van der Waals surface area contributed by atoms with Gasteiger partial charge in [0.05, 0.1) is 10.0 Å². The molecule has 1 aromatic rings. The SMILES string of the molecule is CC(C)(C)C1CCCCC1NCc1cccc(Cl)c1Cl. The van der Waals surface area contributed by atoms with Crippen molar-refractivity contribution in [3.05, 3.63) is 33.8 Å². The van der Waals surface area contributed by atoms with Crippen LogP contribution in [0.15, 0.2) is 18.2 Å². The number of halogens is 2. The molecule has 3 heteroatoms. The van der Waals surface area contributed by atoms with Crippen LogP contribution < -0.4 is 5.32 Å². The van der Waals surface area contributed by atoms with E-state index < -0.39 is 0 Å². The van der Waals surface area contributed by atoms with Gasteiger partial charge in [-0.3, -0.25) is 0 Å². The molecule has 2 rings (SSSR count). The summed E-state index contributed by atoms with van der Waals surface area (Å²) in [5.41, 5.74) is 1.45. The predicted molar refractivity (Wildman–Crippen MR) is 88.5 cm³/mol. The van der Waals surface area contributed by atoms with Gasteiger partial charge in [0.25, 0.3) is 0 Å². The normalized spacial score (nSPS) is 23.9. The van der Waals surface area contributed by atoms with Crippen molar-refractivity contribution in [3.8, 4) is 0 Å². The average molecular weight is 314 g/mol. The first kappa shape index (κ1) is 16.1. The molecular weight excluding hydrogens is 289 g/mol. The molecule has 20 heavy (non-hydrogen) atoms. The van der Waals surface area contributed by atoms with Gasteiger partial charge < -0.3 is 5.32 Å². The Bertz CT molecular complexity index is 451. The van der Waals surface area contributed by atoms with Gasteiger partial charge in [-0.05, 0) is 35.8 Å². The van der Waals surface area contributed by atoms with E-state index in [4.69, 9.17) is 23.2 Å². The van der Waals surface area contributed by atoms with Gasteiger partial charge in [-0.2, -0.15) is 0 Å². The van der Waals surface area contributed by atoms with Crippen molar-refractivity contribution in [1.82, 2.24) is 5.32 Å². The summed E-state index contributed by atoms with van der Waals surface area (Å²) in [6.45, 7) is 7.86. The standard InChI is InChI=1S/C17H25Cl2N/c1-17(2,3)13-8-4-5-10-15(13)20-11-12-7-6-9-14(18)16(12)19/h6-7,9,13,15,20H,4-5,8,10-11H2,1-3H3. The van der Waals surface area contributed by atoms with Crippen molar-refractivity contribution >= 4 is 23.2 Å². The third-order valence-corrected chi connectivity index (χ3v) is 5.32. The third kappa shape index (κ3) is 3.90. The highest BCUT2D eigenvalue weighted by Gasteiger charge is 2.33. The summed E-state index contributed by atoms with van der Waals surface area (Å²) in [7, 11) is 0. The lowest BCUT2D eigenvalue weighted by Crippen LogP contribution is -2.43. The van der Waals surface area contributed by atoms with Crippen molar-refractivity contribution in [2.24, 2.45) is 11.3 Å². The summed E-state index contributed by atoms with van der Waals surface area (Å²) in [6, 6.07) is 6.44. The van der Waals surface area contributed by atoms with E-state index in [-0.39, 0.29) is 0 Å². The molecule has 0 bridgehead atoms. The van der Waals surface area contributed by atoms with Gasteiger partial charge in [0.2, 0.25) is 0 Å². The molecule has 0 aliphatic heterocycles. The second kappa shape index (κ2) is 6.68. The molecule has 2 unspecified atom stereocenters. The highest BCUT2D eigenvalue weighted by Crippen LogP contribution is 2.38. The van der Waals surface area contributed by atoms with E-state index in [1.54, 1.807) is 0 Å². The van der Waals surface area contributed by atoms with E-state index in [1.165, 1.54) is 25.7 Å². The maximum Gasteiger partial charge on any atom is 0.0637 e. The Morgan fingerprint density at radius 1 is 1.15 bits per heavy atom. The highest BCUT2D eigenvalue weighted by atomic mass is 35.5. The lowest BCUT2D eigenvalue weighted by molar-refractivity contribution is 0.130. The van der Waals surface area contributed by atoms with Gasteiger partial charge in [-0.25, -0.2) is 0 Å². The number of benzene rings is 1. The zero-order valence-corrected chi connectivity index (χ0v) is 14.2. The summed E-state index contributed by atoms with van der Waals surface area (Å²) in [5.74, 6) is 0.731. The molecule has 0 amide bonds. The van der Waals surface area contributed by atoms with Crippen LogP contribution >= 0.6 is 23.2 Å². The van der Waals surface area contributed by atoms with E-state index in [1.807, 2.05) is 12.1 Å². The fourth-order valence-electron chi connectivity index (χ4n) is 3.34. The minimum Gasteiger partial charge on any atom is -0.310 e. The van der Waals surface area contributed by atoms with Crippen molar-refractivity contribution in [2.75, 3.05) is 0 Å². The van der Waals surface area contributed by atoms with Crippen LogP contribution in [0.2, 0.25) is 10.0 Å². The molecule has 0 radical (unpaired) electrons. The third-order valence-electron chi connectivity index (χ3n) is 4.46. The van der Waals surface area contributed by atoms with E-state index in [0.29, 0.717) is 21.5 Å². The highest BCUT2D eigenvalue weighted by molar-refractivity contribution is 6.42. The van der Waals surface area contributed by atoms with Crippen LogP contribution in [0.3, 0.4) is 0 Å². The van der Waals surface area contributed by atoms with Gasteiger partial charge in [0, 0.05) is 12.6 Å². The van der Waals surface area contributed by atoms with Crippen LogP contribution in [-0.2, 0) is 6.54 Å². The van der Waals surface area contributed by atoms with Crippen molar-refractivity contribution in [1.29, 1.82) is 0 Å². The molecule has 1 aliphatic rings. The molecule has 1 N–H and O–H groups in total. The Morgan fingerprint density at radius 2 is 1.85 bits per heavy atom. The molecule has 0 spiro atoms. The summed E-state index contributed by atoms with van der Waals surface area (Å²) < 4.78 is 0. The Kier molecular flexibility index (Phi) is 5.39. The number of nitrogens with one attached hydrogen (secondary N) is 1. The first-order valence-electron chi connectivity index (χ1n) is 7.56. The molecule has 0 aromatic heterocycles. The zero-order chi connectivity index (χ0) is 14.8. The predicted octanol–water partition coefficient (Wildman–Crippen LogP) is 5.69. The molecule has 1 aromatic carbocycles. The van der Waals surface area contributed by atoms with Crippen LogP contribution in [-0.4, -0.2) is 6.04 Å². The fraction of sp³-hybridized carbons (Fsp3) is 0.647. The Labute approximate surface area is 133 Å². The minimum absolute atomic E-state index is 0.357. The van der Waals surface area contributed by atoms with Crippen molar-refractivity contribution in [3.63, 3.8) is 0 Å². The molecule has 2 atom stereocenters. The van der Waals surface area contributed by atoms with Crippen LogP contribution in [0.1, 0.15) is 52.0 Å². The van der Waals surface area contributed by atoms with E-state index in [9.17, 15) is 0 Å². The first-order chi connectivity index (χ1) is 9.39. The molecule has 112 valence electrons. The summed E-state index contributed by atoms with van der Waals surface area (Å²) in [6.07, 6.45) is 5.27. The quantitative estimate of drug-likeness (QED) is 0.756. The summed E-state index contributed by atoms with van der Waals surface area (Å²) >= 11 is 12.3. The van der Waals surface area contributed by atoms with E-state index >= 15 is 0 Å². The molecule has 1 saturated carbocycles. The molecule has 1 nitrogen and oxygen atoms in total. The topological polar surface area (TPSA) is 12.0 Å². The molecule has 0 saturated heterocycles. The lowest BCUT2D eigenvalue weighted by atomic mass is 9.69. The minimum atomic E-state index is 0.357. The van der Waals surface area contributed by atoms with Gasteiger partial charge in [0.15, 0.2) is 0 Å². The van der Waals surface area contributed by atoms with Gasteiger partial charge in [-0.15, -0.1) is 0 Å². The van der Waals surface area contributed by atoms with E-state index in [2.05, 4.69) is 32.2 Å². The number of hydrogen-bond donors (Lipinski definition) is 1. The van der Waals surface area contributed by atoms with Crippen LogP contribution in [0.4, 0.5) is 0 Å². The second-order valence-corrected chi connectivity index (χ2v) is 7.74. The van der Waals surface area contributed by atoms with Gasteiger partial charge in [0.1, 0.15) is 0 Å². The molecule has 0 heterocycles. The first-order valence-corrected chi connectivity index (χ1v) is 8.31. The Hall–Kier alpha value is -0.240. The van der Waals surface area contributed by atoms with Gasteiger partial charge >= 0.3 is 0 Å². The van der Waals surface area contributed by atoms with Crippen LogP contribution in [0.5, 0.6) is 0 Å². The smallest absolute Gasteiger partial charge is 0.0637 e. The van der Waals surface area contributed by atoms with Crippen LogP contribution in [0, 0.1) is 11.3 Å². The van der Waals surface area contributed by atoms with E-state index in [0.717, 1.165) is 18.0 Å². The fourth-order valence-corrected chi connectivity index (χ4v) is 3.72. The zero-order valence-electron chi connectivity index (χ0n) is 12.7. The molecule has 1 aliphatic carbocycles. The van der Waals surface area contributed by atoms with Crippen molar-refractivity contribution in [2.45, 2.75) is 59.0 Å². The van der Waals surface area contributed by atoms with Gasteiger partial charge in [-0.1, -0.05) is 68.9 Å². The maximum absolute atomic E-state index is 6.27. The number of rotatable bonds is 3. The average Bonchev–Trinajstić information content (AvgIpc) is 2.40. The summed E-state index contributed by atoms with van der Waals surface area (Å²) in [4.78, 5) is 0. The Morgan fingerprint density at radius 3 is 2.55 bits per heavy atom. The largest absolute Gasteiger partial charge is 0.310 e.